The van der Waals surface area contributed by atoms with Crippen molar-refractivity contribution in [2.75, 3.05) is 47.4 Å². The van der Waals surface area contributed by atoms with Crippen LogP contribution in [0.3, 0.4) is 0 Å². The molecule has 5 nitrogen and oxygen atoms in total. The van der Waals surface area contributed by atoms with Crippen LogP contribution < -0.4 is 4.74 Å². The lowest BCUT2D eigenvalue weighted by molar-refractivity contribution is -0.133. The molecule has 0 radical (unpaired) electrons. The molecule has 2 aliphatic rings. The number of methoxy groups -OCH3 is 1. The zero-order chi connectivity index (χ0) is 20.8. The van der Waals surface area contributed by atoms with Gasteiger partial charge in [-0.2, -0.15) is 0 Å². The van der Waals surface area contributed by atoms with Crippen molar-refractivity contribution in [1.29, 1.82) is 0 Å². The summed E-state index contributed by atoms with van der Waals surface area (Å²) in [5, 5.41) is 0. The molecule has 3 rings (SSSR count). The summed E-state index contributed by atoms with van der Waals surface area (Å²) in [6.45, 7) is 4.70. The van der Waals surface area contributed by atoms with Crippen LogP contribution in [0.15, 0.2) is 18.2 Å². The van der Waals surface area contributed by atoms with Gasteiger partial charge in [0.2, 0.25) is 5.91 Å². The number of amides is 1. The van der Waals surface area contributed by atoms with Gasteiger partial charge >= 0.3 is 0 Å². The summed E-state index contributed by atoms with van der Waals surface area (Å²) in [4.78, 5) is 19.3. The van der Waals surface area contributed by atoms with Gasteiger partial charge in [-0.15, -0.1) is 0 Å². The first-order chi connectivity index (χ1) is 14.0. The van der Waals surface area contributed by atoms with Crippen molar-refractivity contribution in [3.63, 3.8) is 0 Å². The summed E-state index contributed by atoms with van der Waals surface area (Å²) in [6, 6.07) is 5.48. The van der Waals surface area contributed by atoms with E-state index in [9.17, 15) is 9.18 Å². The number of nitrogens with zero attached hydrogens (tertiary/aromatic N) is 3. The van der Waals surface area contributed by atoms with Gasteiger partial charge in [-0.05, 0) is 70.8 Å². The van der Waals surface area contributed by atoms with Crippen LogP contribution in [-0.2, 0) is 11.3 Å². The summed E-state index contributed by atoms with van der Waals surface area (Å²) in [6.07, 6.45) is 5.97. The highest BCUT2D eigenvalue weighted by atomic mass is 19.1. The standard InChI is InChI=1S/C23H36FN3O2/c1-25-13-10-20(11-14-25)26(2)23(28)9-6-18-5-4-12-27(16-18)17-19-7-8-21(29-3)15-22(19)24/h7-8,15,18,20H,4-6,9-14,16-17H2,1-3H3/t18-/m1/s1. The summed E-state index contributed by atoms with van der Waals surface area (Å²) in [5.74, 6) is 1.13. The van der Waals surface area contributed by atoms with Crippen molar-refractivity contribution in [3.05, 3.63) is 29.6 Å². The molecule has 2 fully saturated rings. The van der Waals surface area contributed by atoms with Gasteiger partial charge in [0.25, 0.3) is 0 Å². The number of piperidine rings is 2. The molecule has 1 amide bonds. The number of rotatable bonds is 7. The first-order valence-electron chi connectivity index (χ1n) is 10.9. The average Bonchev–Trinajstić information content (AvgIpc) is 2.73. The zero-order valence-corrected chi connectivity index (χ0v) is 18.2. The Kier molecular flexibility index (Phi) is 7.90. The van der Waals surface area contributed by atoms with E-state index in [-0.39, 0.29) is 11.7 Å². The second-order valence-electron chi connectivity index (χ2n) is 8.78. The highest BCUT2D eigenvalue weighted by molar-refractivity contribution is 5.76. The van der Waals surface area contributed by atoms with Crippen LogP contribution >= 0.6 is 0 Å². The van der Waals surface area contributed by atoms with Gasteiger partial charge in [-0.1, -0.05) is 6.07 Å². The molecular formula is C23H36FN3O2. The van der Waals surface area contributed by atoms with Crippen LogP contribution in [0.25, 0.3) is 0 Å². The molecule has 0 spiro atoms. The Labute approximate surface area is 174 Å². The van der Waals surface area contributed by atoms with E-state index in [4.69, 9.17) is 4.74 Å². The Hall–Kier alpha value is -1.66. The molecule has 2 aliphatic heterocycles. The number of hydrogen-bond acceptors (Lipinski definition) is 4. The Balaban J connectivity index is 1.45. The molecule has 0 bridgehead atoms. The van der Waals surface area contributed by atoms with Gasteiger partial charge in [0.05, 0.1) is 7.11 Å². The Morgan fingerprint density at radius 2 is 2.00 bits per heavy atom. The molecule has 0 aliphatic carbocycles. The van der Waals surface area contributed by atoms with E-state index in [1.165, 1.54) is 6.07 Å². The number of likely N-dealkylation sites (tertiary alicyclic amines) is 2. The average molecular weight is 406 g/mol. The maximum Gasteiger partial charge on any atom is 0.222 e. The molecule has 1 aromatic carbocycles. The van der Waals surface area contributed by atoms with Gasteiger partial charge in [0.15, 0.2) is 0 Å². The minimum atomic E-state index is -0.207. The van der Waals surface area contributed by atoms with E-state index in [0.717, 1.165) is 58.3 Å². The largest absolute Gasteiger partial charge is 0.497 e. The van der Waals surface area contributed by atoms with Crippen molar-refractivity contribution in [2.24, 2.45) is 5.92 Å². The quantitative estimate of drug-likeness (QED) is 0.697. The van der Waals surface area contributed by atoms with Crippen LogP contribution in [0.2, 0.25) is 0 Å². The molecule has 0 N–H and O–H groups in total. The second kappa shape index (κ2) is 10.4. The molecular weight excluding hydrogens is 369 g/mol. The van der Waals surface area contributed by atoms with Crippen LogP contribution in [-0.4, -0.2) is 74.0 Å². The third-order valence-corrected chi connectivity index (χ3v) is 6.65. The van der Waals surface area contributed by atoms with E-state index in [1.807, 2.05) is 24.1 Å². The molecule has 0 saturated carbocycles. The summed E-state index contributed by atoms with van der Waals surface area (Å²) >= 11 is 0. The minimum absolute atomic E-state index is 0.207. The molecule has 1 atom stereocenters. The van der Waals surface area contributed by atoms with Crippen LogP contribution in [0.1, 0.15) is 44.1 Å². The number of carbonyl (C=O) groups excluding carboxylic acids is 1. The van der Waals surface area contributed by atoms with Crippen molar-refractivity contribution in [1.82, 2.24) is 14.7 Å². The molecule has 6 heteroatoms. The molecule has 2 heterocycles. The van der Waals surface area contributed by atoms with Gasteiger partial charge in [0, 0.05) is 44.2 Å². The SMILES string of the molecule is COc1ccc(CN2CCC[C@H](CCC(=O)N(C)C3CCN(C)CC3)C2)c(F)c1. The second-order valence-corrected chi connectivity index (χ2v) is 8.78. The third-order valence-electron chi connectivity index (χ3n) is 6.65. The molecule has 0 unspecified atom stereocenters. The normalized spacial score (nSPS) is 21.9. The third kappa shape index (κ3) is 6.16. The van der Waals surface area contributed by atoms with E-state index in [0.29, 0.717) is 36.2 Å². The fourth-order valence-electron chi connectivity index (χ4n) is 4.64. The first-order valence-corrected chi connectivity index (χ1v) is 10.9. The zero-order valence-electron chi connectivity index (χ0n) is 18.2. The number of halogens is 1. The van der Waals surface area contributed by atoms with E-state index in [1.54, 1.807) is 7.11 Å². The fraction of sp³-hybridized carbons (Fsp3) is 0.696. The van der Waals surface area contributed by atoms with E-state index in [2.05, 4.69) is 16.8 Å². The molecule has 2 saturated heterocycles. The highest BCUT2D eigenvalue weighted by Crippen LogP contribution is 2.25. The summed E-state index contributed by atoms with van der Waals surface area (Å²) in [7, 11) is 5.66. The van der Waals surface area contributed by atoms with Gasteiger partial charge in [0.1, 0.15) is 11.6 Å². The fourth-order valence-corrected chi connectivity index (χ4v) is 4.64. The van der Waals surface area contributed by atoms with Crippen molar-refractivity contribution in [3.8, 4) is 5.75 Å². The van der Waals surface area contributed by atoms with Gasteiger partial charge in [-0.3, -0.25) is 9.69 Å². The van der Waals surface area contributed by atoms with Crippen LogP contribution in [0, 0.1) is 11.7 Å². The lowest BCUT2D eigenvalue weighted by Gasteiger charge is -2.36. The van der Waals surface area contributed by atoms with Gasteiger partial charge < -0.3 is 14.5 Å². The molecule has 29 heavy (non-hydrogen) atoms. The Morgan fingerprint density at radius 3 is 2.69 bits per heavy atom. The van der Waals surface area contributed by atoms with Crippen molar-refractivity contribution in [2.45, 2.75) is 51.1 Å². The predicted molar refractivity (Wildman–Crippen MR) is 113 cm³/mol. The van der Waals surface area contributed by atoms with Crippen molar-refractivity contribution >= 4 is 5.91 Å². The Bertz CT molecular complexity index is 676. The molecule has 1 aromatic rings. The maximum absolute atomic E-state index is 14.3. The number of carbonyl (C=O) groups is 1. The molecule has 162 valence electrons. The lowest BCUT2D eigenvalue weighted by atomic mass is 9.92. The summed E-state index contributed by atoms with van der Waals surface area (Å²) < 4.78 is 19.4. The number of hydrogen-bond donors (Lipinski definition) is 0. The predicted octanol–water partition coefficient (Wildman–Crippen LogP) is 3.38. The van der Waals surface area contributed by atoms with Gasteiger partial charge in [-0.25, -0.2) is 4.39 Å². The van der Waals surface area contributed by atoms with E-state index >= 15 is 0 Å². The first kappa shape index (κ1) is 22.0. The number of ether oxygens (including phenoxy) is 1. The van der Waals surface area contributed by atoms with Crippen LogP contribution in [0.5, 0.6) is 5.75 Å². The summed E-state index contributed by atoms with van der Waals surface area (Å²) in [5.41, 5.74) is 0.713. The Morgan fingerprint density at radius 1 is 1.24 bits per heavy atom. The van der Waals surface area contributed by atoms with Crippen LogP contribution in [0.4, 0.5) is 4.39 Å². The lowest BCUT2D eigenvalue weighted by Crippen LogP contribution is -2.44. The number of benzene rings is 1. The monoisotopic (exact) mass is 405 g/mol. The maximum atomic E-state index is 14.3. The minimum Gasteiger partial charge on any atom is -0.497 e. The smallest absolute Gasteiger partial charge is 0.222 e. The molecule has 0 aromatic heterocycles. The highest BCUT2D eigenvalue weighted by Gasteiger charge is 2.26. The topological polar surface area (TPSA) is 36.0 Å². The van der Waals surface area contributed by atoms with E-state index < -0.39 is 0 Å². The van der Waals surface area contributed by atoms with Crippen molar-refractivity contribution < 1.29 is 13.9 Å².